The van der Waals surface area contributed by atoms with Crippen LogP contribution in [-0.2, 0) is 6.54 Å². The molecule has 0 spiro atoms. The molecule has 0 amide bonds. The van der Waals surface area contributed by atoms with Gasteiger partial charge in [0.15, 0.2) is 5.96 Å². The minimum absolute atomic E-state index is 0. The molecule has 6 heteroatoms. The molecule has 1 atom stereocenters. The first kappa shape index (κ1) is 19.8. The SMILES string of the molecule is CN=C(NCc1cccs1)NCC(C)Oc1ccc(C)cc1.I. The molecule has 2 N–H and O–H groups in total. The van der Waals surface area contributed by atoms with Gasteiger partial charge in [0.25, 0.3) is 0 Å². The van der Waals surface area contributed by atoms with Crippen LogP contribution in [0, 0.1) is 6.92 Å². The third kappa shape index (κ3) is 7.22. The van der Waals surface area contributed by atoms with E-state index in [-0.39, 0.29) is 30.1 Å². The fraction of sp³-hybridized carbons (Fsp3) is 0.353. The zero-order valence-electron chi connectivity index (χ0n) is 13.7. The van der Waals surface area contributed by atoms with E-state index in [2.05, 4.69) is 52.2 Å². The van der Waals surface area contributed by atoms with Crippen LogP contribution in [0.1, 0.15) is 17.4 Å². The van der Waals surface area contributed by atoms with Crippen LogP contribution in [0.3, 0.4) is 0 Å². The number of benzene rings is 1. The van der Waals surface area contributed by atoms with Gasteiger partial charge in [0, 0.05) is 11.9 Å². The van der Waals surface area contributed by atoms with Crippen molar-refractivity contribution in [2.75, 3.05) is 13.6 Å². The van der Waals surface area contributed by atoms with Crippen LogP contribution in [0.15, 0.2) is 46.8 Å². The maximum atomic E-state index is 5.87. The number of thiophene rings is 1. The molecule has 23 heavy (non-hydrogen) atoms. The van der Waals surface area contributed by atoms with Crippen molar-refractivity contribution in [3.05, 3.63) is 52.2 Å². The van der Waals surface area contributed by atoms with Crippen molar-refractivity contribution in [2.24, 2.45) is 4.99 Å². The van der Waals surface area contributed by atoms with Crippen LogP contribution in [0.2, 0.25) is 0 Å². The molecule has 0 fully saturated rings. The maximum Gasteiger partial charge on any atom is 0.191 e. The molecule has 0 aliphatic heterocycles. The number of nitrogens with zero attached hydrogens (tertiary/aromatic N) is 1. The lowest BCUT2D eigenvalue weighted by Crippen LogP contribution is -2.41. The van der Waals surface area contributed by atoms with Crippen molar-refractivity contribution in [2.45, 2.75) is 26.5 Å². The summed E-state index contributed by atoms with van der Waals surface area (Å²) in [4.78, 5) is 5.51. The molecule has 2 aromatic rings. The van der Waals surface area contributed by atoms with Gasteiger partial charge in [-0.25, -0.2) is 0 Å². The molecule has 0 saturated carbocycles. The van der Waals surface area contributed by atoms with E-state index < -0.39 is 0 Å². The summed E-state index contributed by atoms with van der Waals surface area (Å²) in [6.07, 6.45) is 0.0583. The number of hydrogen-bond donors (Lipinski definition) is 2. The summed E-state index contributed by atoms with van der Waals surface area (Å²) in [6, 6.07) is 12.3. The quantitative estimate of drug-likeness (QED) is 0.404. The maximum absolute atomic E-state index is 5.87. The lowest BCUT2D eigenvalue weighted by molar-refractivity contribution is 0.224. The smallest absolute Gasteiger partial charge is 0.191 e. The van der Waals surface area contributed by atoms with Gasteiger partial charge >= 0.3 is 0 Å². The third-order valence-corrected chi connectivity index (χ3v) is 4.03. The van der Waals surface area contributed by atoms with E-state index in [0.717, 1.165) is 18.3 Å². The van der Waals surface area contributed by atoms with Crippen molar-refractivity contribution in [1.82, 2.24) is 10.6 Å². The Kier molecular flexibility index (Phi) is 9.01. The summed E-state index contributed by atoms with van der Waals surface area (Å²) in [5, 5.41) is 8.65. The number of guanidine groups is 1. The van der Waals surface area contributed by atoms with E-state index in [1.165, 1.54) is 10.4 Å². The average molecular weight is 445 g/mol. The first-order valence-corrected chi connectivity index (χ1v) is 8.25. The normalized spacial score (nSPS) is 12.2. The highest BCUT2D eigenvalue weighted by Crippen LogP contribution is 2.13. The van der Waals surface area contributed by atoms with Crippen molar-refractivity contribution < 1.29 is 4.74 Å². The van der Waals surface area contributed by atoms with E-state index in [0.29, 0.717) is 6.54 Å². The van der Waals surface area contributed by atoms with Crippen LogP contribution < -0.4 is 15.4 Å². The van der Waals surface area contributed by atoms with Crippen molar-refractivity contribution >= 4 is 41.3 Å². The highest BCUT2D eigenvalue weighted by molar-refractivity contribution is 14.0. The molecular weight excluding hydrogens is 421 g/mol. The van der Waals surface area contributed by atoms with E-state index in [1.54, 1.807) is 18.4 Å². The standard InChI is InChI=1S/C17H23N3OS.HI/c1-13-6-8-15(9-7-13)21-14(2)11-19-17(18-3)20-12-16-5-4-10-22-16;/h4-10,14H,11-12H2,1-3H3,(H2,18,19,20);1H. The lowest BCUT2D eigenvalue weighted by Gasteiger charge is -2.17. The molecule has 1 aromatic heterocycles. The fourth-order valence-electron chi connectivity index (χ4n) is 1.94. The molecule has 2 rings (SSSR count). The summed E-state index contributed by atoms with van der Waals surface area (Å²) < 4.78 is 5.87. The summed E-state index contributed by atoms with van der Waals surface area (Å²) in [5.74, 6) is 1.68. The Bertz CT molecular complexity index is 584. The summed E-state index contributed by atoms with van der Waals surface area (Å²) in [6.45, 7) is 5.58. The van der Waals surface area contributed by atoms with Gasteiger partial charge in [0.2, 0.25) is 0 Å². The van der Waals surface area contributed by atoms with Crippen LogP contribution in [0.4, 0.5) is 0 Å². The first-order valence-electron chi connectivity index (χ1n) is 7.37. The minimum atomic E-state index is 0. The van der Waals surface area contributed by atoms with E-state index in [1.807, 2.05) is 19.1 Å². The van der Waals surface area contributed by atoms with E-state index in [4.69, 9.17) is 4.74 Å². The zero-order valence-corrected chi connectivity index (χ0v) is 16.9. The summed E-state index contributed by atoms with van der Waals surface area (Å²) in [7, 11) is 1.77. The van der Waals surface area contributed by atoms with Gasteiger partial charge in [-0.1, -0.05) is 23.8 Å². The number of aryl methyl sites for hydroxylation is 1. The van der Waals surface area contributed by atoms with Crippen LogP contribution >= 0.6 is 35.3 Å². The molecule has 0 aliphatic carbocycles. The Morgan fingerprint density at radius 3 is 2.57 bits per heavy atom. The molecule has 0 aliphatic rings. The highest BCUT2D eigenvalue weighted by atomic mass is 127. The van der Waals surface area contributed by atoms with Crippen molar-refractivity contribution in [3.63, 3.8) is 0 Å². The second kappa shape index (κ2) is 10.5. The number of ether oxygens (including phenoxy) is 1. The second-order valence-corrected chi connectivity index (χ2v) is 6.16. The summed E-state index contributed by atoms with van der Waals surface area (Å²) in [5.41, 5.74) is 1.23. The molecule has 1 aromatic carbocycles. The van der Waals surface area contributed by atoms with Gasteiger partial charge in [0.05, 0.1) is 13.1 Å². The molecule has 1 unspecified atom stereocenters. The van der Waals surface area contributed by atoms with Crippen LogP contribution in [0.5, 0.6) is 5.75 Å². The Morgan fingerprint density at radius 1 is 1.22 bits per heavy atom. The predicted molar refractivity (Wildman–Crippen MR) is 109 cm³/mol. The highest BCUT2D eigenvalue weighted by Gasteiger charge is 2.06. The number of nitrogens with one attached hydrogen (secondary N) is 2. The number of rotatable bonds is 6. The number of hydrogen-bond acceptors (Lipinski definition) is 3. The van der Waals surface area contributed by atoms with E-state index in [9.17, 15) is 0 Å². The monoisotopic (exact) mass is 445 g/mol. The third-order valence-electron chi connectivity index (χ3n) is 3.15. The minimum Gasteiger partial charge on any atom is -0.489 e. The van der Waals surface area contributed by atoms with Crippen LogP contribution in [-0.4, -0.2) is 25.7 Å². The summed E-state index contributed by atoms with van der Waals surface area (Å²) >= 11 is 1.73. The average Bonchev–Trinajstić information content (AvgIpc) is 3.03. The molecule has 4 nitrogen and oxygen atoms in total. The van der Waals surface area contributed by atoms with E-state index >= 15 is 0 Å². The predicted octanol–water partition coefficient (Wildman–Crippen LogP) is 3.81. The van der Waals surface area contributed by atoms with Gasteiger partial charge in [-0.2, -0.15) is 0 Å². The van der Waals surface area contributed by atoms with Gasteiger partial charge in [-0.15, -0.1) is 35.3 Å². The Labute approximate surface area is 159 Å². The molecule has 0 bridgehead atoms. The van der Waals surface area contributed by atoms with Crippen molar-refractivity contribution in [3.8, 4) is 5.75 Å². The van der Waals surface area contributed by atoms with Gasteiger partial charge in [0.1, 0.15) is 11.9 Å². The Hall–Kier alpha value is -1.28. The van der Waals surface area contributed by atoms with Gasteiger partial charge in [-0.05, 0) is 37.4 Å². The van der Waals surface area contributed by atoms with Crippen LogP contribution in [0.25, 0.3) is 0 Å². The fourth-order valence-corrected chi connectivity index (χ4v) is 2.58. The topological polar surface area (TPSA) is 45.7 Å². The molecule has 0 saturated heterocycles. The number of halogens is 1. The largest absolute Gasteiger partial charge is 0.489 e. The molecule has 126 valence electrons. The first-order chi connectivity index (χ1) is 10.7. The molecule has 1 heterocycles. The lowest BCUT2D eigenvalue weighted by atomic mass is 10.2. The van der Waals surface area contributed by atoms with Gasteiger partial charge < -0.3 is 15.4 Å². The number of aliphatic imine (C=N–C) groups is 1. The molecular formula is C17H24IN3OS. The second-order valence-electron chi connectivity index (χ2n) is 5.13. The Balaban J connectivity index is 0.00000264. The zero-order chi connectivity index (χ0) is 15.8. The molecule has 0 radical (unpaired) electrons. The van der Waals surface area contributed by atoms with Crippen molar-refractivity contribution in [1.29, 1.82) is 0 Å². The Morgan fingerprint density at radius 2 is 1.96 bits per heavy atom. The van der Waals surface area contributed by atoms with Gasteiger partial charge in [-0.3, -0.25) is 4.99 Å².